The van der Waals surface area contributed by atoms with E-state index in [0.717, 1.165) is 6.42 Å². The summed E-state index contributed by atoms with van der Waals surface area (Å²) in [6.45, 7) is 0.549. The lowest BCUT2D eigenvalue weighted by Gasteiger charge is -2.09. The first-order chi connectivity index (χ1) is 14.1. The van der Waals surface area contributed by atoms with Crippen LogP contribution >= 0.6 is 15.9 Å². The Hall–Kier alpha value is -3.12. The Bertz CT molecular complexity index is 984. The number of esters is 2. The molecule has 0 saturated heterocycles. The molecule has 0 amide bonds. The smallest absolute Gasteiger partial charge is 0.343 e. The van der Waals surface area contributed by atoms with Crippen LogP contribution in [0.25, 0.3) is 0 Å². The Kier molecular flexibility index (Phi) is 7.03. The molecule has 0 spiro atoms. The molecule has 29 heavy (non-hydrogen) atoms. The van der Waals surface area contributed by atoms with Crippen molar-refractivity contribution in [3.63, 3.8) is 0 Å². The maximum Gasteiger partial charge on any atom is 0.343 e. The fourth-order valence-corrected chi connectivity index (χ4v) is 3.07. The predicted molar refractivity (Wildman–Crippen MR) is 113 cm³/mol. The molecular formula is C23H19BrO5. The number of hydrogen-bond acceptors (Lipinski definition) is 5. The van der Waals surface area contributed by atoms with Gasteiger partial charge in [0, 0.05) is 6.42 Å². The molecule has 0 atom stereocenters. The standard InChI is InChI=1S/C23H19BrO5/c1-27-22(25)18-9-12-21(20(24)15-18)29-23(26)17-7-10-19(11-8-17)28-14-13-16-5-3-2-4-6-16/h2-12,15H,13-14H2,1H3. The lowest BCUT2D eigenvalue weighted by molar-refractivity contribution is 0.0600. The van der Waals surface area contributed by atoms with E-state index in [9.17, 15) is 9.59 Å². The van der Waals surface area contributed by atoms with Crippen molar-refractivity contribution < 1.29 is 23.8 Å². The molecule has 0 N–H and O–H groups in total. The van der Waals surface area contributed by atoms with E-state index in [-0.39, 0.29) is 0 Å². The Morgan fingerprint density at radius 2 is 1.55 bits per heavy atom. The summed E-state index contributed by atoms with van der Waals surface area (Å²) in [5.41, 5.74) is 1.96. The monoisotopic (exact) mass is 454 g/mol. The Morgan fingerprint density at radius 1 is 0.862 bits per heavy atom. The number of carbonyl (C=O) groups excluding carboxylic acids is 2. The number of hydrogen-bond donors (Lipinski definition) is 0. The summed E-state index contributed by atoms with van der Waals surface area (Å²) < 4.78 is 16.3. The van der Waals surface area contributed by atoms with E-state index in [2.05, 4.69) is 32.8 Å². The molecule has 0 bridgehead atoms. The van der Waals surface area contributed by atoms with Gasteiger partial charge in [0.1, 0.15) is 11.5 Å². The average Bonchev–Trinajstić information content (AvgIpc) is 2.75. The highest BCUT2D eigenvalue weighted by atomic mass is 79.9. The third-order valence-electron chi connectivity index (χ3n) is 4.15. The average molecular weight is 455 g/mol. The van der Waals surface area contributed by atoms with Gasteiger partial charge < -0.3 is 14.2 Å². The van der Waals surface area contributed by atoms with Gasteiger partial charge in [-0.25, -0.2) is 9.59 Å². The van der Waals surface area contributed by atoms with Crippen LogP contribution in [0, 0.1) is 0 Å². The second-order valence-corrected chi connectivity index (χ2v) is 6.99. The van der Waals surface area contributed by atoms with E-state index >= 15 is 0 Å². The third kappa shape index (κ3) is 5.68. The van der Waals surface area contributed by atoms with Gasteiger partial charge in [0.25, 0.3) is 0 Å². The lowest BCUT2D eigenvalue weighted by Crippen LogP contribution is -2.09. The van der Waals surface area contributed by atoms with E-state index in [1.807, 2.05) is 18.2 Å². The predicted octanol–water partition coefficient (Wildman–Crippen LogP) is 5.08. The van der Waals surface area contributed by atoms with Crippen molar-refractivity contribution in [1.82, 2.24) is 0 Å². The second kappa shape index (κ2) is 9.89. The molecule has 5 nitrogen and oxygen atoms in total. The van der Waals surface area contributed by atoms with Gasteiger partial charge in [-0.2, -0.15) is 0 Å². The van der Waals surface area contributed by atoms with Gasteiger partial charge in [-0.1, -0.05) is 30.3 Å². The molecule has 6 heteroatoms. The summed E-state index contributed by atoms with van der Waals surface area (Å²) in [5.74, 6) is 0.0192. The van der Waals surface area contributed by atoms with Crippen molar-refractivity contribution in [2.75, 3.05) is 13.7 Å². The van der Waals surface area contributed by atoms with Crippen molar-refractivity contribution in [3.8, 4) is 11.5 Å². The van der Waals surface area contributed by atoms with Crippen LogP contribution < -0.4 is 9.47 Å². The molecular weight excluding hydrogens is 436 g/mol. The number of ether oxygens (including phenoxy) is 3. The highest BCUT2D eigenvalue weighted by molar-refractivity contribution is 9.10. The maximum atomic E-state index is 12.4. The largest absolute Gasteiger partial charge is 0.493 e. The molecule has 148 valence electrons. The highest BCUT2D eigenvalue weighted by Crippen LogP contribution is 2.27. The fraction of sp³-hybridized carbons (Fsp3) is 0.130. The van der Waals surface area contributed by atoms with Gasteiger partial charge >= 0.3 is 11.9 Å². The van der Waals surface area contributed by atoms with Gasteiger partial charge in [-0.15, -0.1) is 0 Å². The summed E-state index contributed by atoms with van der Waals surface area (Å²) in [6, 6.07) is 21.5. The minimum atomic E-state index is -0.507. The van der Waals surface area contributed by atoms with Crippen LogP contribution in [0.1, 0.15) is 26.3 Å². The summed E-state index contributed by atoms with van der Waals surface area (Å²) in [5, 5.41) is 0. The van der Waals surface area contributed by atoms with Crippen molar-refractivity contribution >= 4 is 27.9 Å². The van der Waals surface area contributed by atoms with E-state index < -0.39 is 11.9 Å². The SMILES string of the molecule is COC(=O)c1ccc(OC(=O)c2ccc(OCCc3ccccc3)cc2)c(Br)c1. The number of benzene rings is 3. The van der Waals surface area contributed by atoms with E-state index in [1.165, 1.54) is 30.9 Å². The van der Waals surface area contributed by atoms with Crippen LogP contribution in [-0.2, 0) is 11.2 Å². The van der Waals surface area contributed by atoms with Gasteiger partial charge in [-0.3, -0.25) is 0 Å². The number of rotatable bonds is 7. The van der Waals surface area contributed by atoms with E-state index in [4.69, 9.17) is 9.47 Å². The summed E-state index contributed by atoms with van der Waals surface area (Å²) in [6.07, 6.45) is 0.806. The normalized spacial score (nSPS) is 10.3. The molecule has 3 aromatic carbocycles. The molecule has 0 aliphatic carbocycles. The molecule has 3 rings (SSSR count). The number of methoxy groups -OCH3 is 1. The van der Waals surface area contributed by atoms with Gasteiger partial charge in [0.2, 0.25) is 0 Å². The minimum absolute atomic E-state index is 0.311. The van der Waals surface area contributed by atoms with Crippen molar-refractivity contribution in [2.24, 2.45) is 0 Å². The topological polar surface area (TPSA) is 61.8 Å². The third-order valence-corrected chi connectivity index (χ3v) is 4.77. The van der Waals surface area contributed by atoms with Crippen molar-refractivity contribution in [1.29, 1.82) is 0 Å². The first kappa shape index (κ1) is 20.6. The lowest BCUT2D eigenvalue weighted by atomic mass is 10.2. The van der Waals surface area contributed by atoms with Crippen LogP contribution in [0.4, 0.5) is 0 Å². The first-order valence-corrected chi connectivity index (χ1v) is 9.73. The molecule has 0 saturated carbocycles. The van der Waals surface area contributed by atoms with E-state index in [0.29, 0.717) is 33.7 Å². The molecule has 0 radical (unpaired) electrons. The van der Waals surface area contributed by atoms with Crippen LogP contribution in [0.3, 0.4) is 0 Å². The van der Waals surface area contributed by atoms with Crippen molar-refractivity contribution in [3.05, 3.63) is 94.0 Å². The van der Waals surface area contributed by atoms with Crippen molar-refractivity contribution in [2.45, 2.75) is 6.42 Å². The van der Waals surface area contributed by atoms with Gasteiger partial charge in [-0.05, 0) is 64.0 Å². The second-order valence-electron chi connectivity index (χ2n) is 6.13. The Labute approximate surface area is 177 Å². The molecule has 0 aliphatic rings. The molecule has 0 fully saturated rings. The van der Waals surface area contributed by atoms with Crippen LogP contribution in [-0.4, -0.2) is 25.7 Å². The van der Waals surface area contributed by atoms with E-state index in [1.54, 1.807) is 24.3 Å². The molecule has 0 aromatic heterocycles. The number of carbonyl (C=O) groups is 2. The van der Waals surface area contributed by atoms with Crippen LogP contribution in [0.15, 0.2) is 77.3 Å². The Balaban J connectivity index is 1.57. The zero-order chi connectivity index (χ0) is 20.6. The maximum absolute atomic E-state index is 12.4. The minimum Gasteiger partial charge on any atom is -0.493 e. The summed E-state index contributed by atoms with van der Waals surface area (Å²) >= 11 is 3.30. The summed E-state index contributed by atoms with van der Waals surface area (Å²) in [7, 11) is 1.30. The van der Waals surface area contributed by atoms with Crippen LogP contribution in [0.2, 0.25) is 0 Å². The highest BCUT2D eigenvalue weighted by Gasteiger charge is 2.14. The molecule has 0 unspecified atom stereocenters. The fourth-order valence-electron chi connectivity index (χ4n) is 2.61. The molecule has 3 aromatic rings. The molecule has 0 heterocycles. The first-order valence-electron chi connectivity index (χ1n) is 8.93. The van der Waals surface area contributed by atoms with Gasteiger partial charge in [0.15, 0.2) is 0 Å². The summed E-state index contributed by atoms with van der Waals surface area (Å²) in [4.78, 5) is 23.9. The zero-order valence-electron chi connectivity index (χ0n) is 15.8. The van der Waals surface area contributed by atoms with Gasteiger partial charge in [0.05, 0.1) is 29.3 Å². The Morgan fingerprint density at radius 3 is 2.21 bits per heavy atom. The quantitative estimate of drug-likeness (QED) is 0.368. The van der Waals surface area contributed by atoms with Crippen LogP contribution in [0.5, 0.6) is 11.5 Å². The number of halogens is 1. The zero-order valence-corrected chi connectivity index (χ0v) is 17.3. The molecule has 0 aliphatic heterocycles.